The van der Waals surface area contributed by atoms with Crippen molar-refractivity contribution in [1.82, 2.24) is 0 Å². The molecule has 1 atom stereocenters. The summed E-state index contributed by atoms with van der Waals surface area (Å²) in [5, 5.41) is 5.64. The second-order valence-electron chi connectivity index (χ2n) is 6.26. The third kappa shape index (κ3) is 4.54. The summed E-state index contributed by atoms with van der Waals surface area (Å²) in [7, 11) is 1.46. The van der Waals surface area contributed by atoms with Crippen molar-refractivity contribution in [3.05, 3.63) is 66.2 Å². The fourth-order valence-corrected chi connectivity index (χ4v) is 3.12. The van der Waals surface area contributed by atoms with Crippen molar-refractivity contribution in [3.63, 3.8) is 0 Å². The van der Waals surface area contributed by atoms with E-state index in [2.05, 4.69) is 17.2 Å². The maximum absolute atomic E-state index is 12.2. The number of nitrogens with one attached hydrogen (secondary N) is 2. The first-order valence-corrected chi connectivity index (χ1v) is 8.67. The van der Waals surface area contributed by atoms with Crippen LogP contribution in [-0.2, 0) is 14.3 Å². The average molecular weight is 366 g/mol. The SMILES string of the molecule is C=CCOc1ccc(C2CC(=O)Nc3cc(NC(=O)COC)ccc32)cc1. The lowest BCUT2D eigenvalue weighted by Crippen LogP contribution is -2.24. The summed E-state index contributed by atoms with van der Waals surface area (Å²) in [4.78, 5) is 23.9. The number of amides is 2. The Morgan fingerprint density at radius 2 is 2.07 bits per heavy atom. The molecule has 6 nitrogen and oxygen atoms in total. The number of benzene rings is 2. The van der Waals surface area contributed by atoms with Gasteiger partial charge in [0.05, 0.1) is 0 Å². The van der Waals surface area contributed by atoms with E-state index in [0.29, 0.717) is 24.4 Å². The highest BCUT2D eigenvalue weighted by atomic mass is 16.5. The zero-order valence-corrected chi connectivity index (χ0v) is 15.2. The molecule has 0 saturated carbocycles. The van der Waals surface area contributed by atoms with Gasteiger partial charge in [-0.05, 0) is 35.4 Å². The standard InChI is InChI=1S/C21H22N2O4/c1-3-10-27-16-7-4-14(5-8-16)18-12-20(24)23-19-11-15(6-9-17(18)19)22-21(25)13-26-2/h3-9,11,18H,1,10,12-13H2,2H3,(H,22,25)(H,23,24). The van der Waals surface area contributed by atoms with Gasteiger partial charge in [-0.2, -0.15) is 0 Å². The number of carbonyl (C=O) groups is 2. The maximum atomic E-state index is 12.2. The number of rotatable bonds is 7. The normalized spacial score (nSPS) is 15.4. The number of methoxy groups -OCH3 is 1. The van der Waals surface area contributed by atoms with Crippen LogP contribution in [0.1, 0.15) is 23.5 Å². The Balaban J connectivity index is 1.84. The lowest BCUT2D eigenvalue weighted by Gasteiger charge is -2.26. The molecule has 2 amide bonds. The van der Waals surface area contributed by atoms with E-state index >= 15 is 0 Å². The van der Waals surface area contributed by atoms with E-state index in [1.54, 1.807) is 12.1 Å². The molecule has 0 aliphatic carbocycles. The van der Waals surface area contributed by atoms with E-state index in [1.807, 2.05) is 36.4 Å². The highest BCUT2D eigenvalue weighted by Crippen LogP contribution is 2.38. The van der Waals surface area contributed by atoms with E-state index in [9.17, 15) is 9.59 Å². The first kappa shape index (κ1) is 18.7. The molecule has 0 aromatic heterocycles. The Labute approximate surface area is 158 Å². The van der Waals surface area contributed by atoms with Crippen LogP contribution in [-0.4, -0.2) is 32.1 Å². The Morgan fingerprint density at radius 3 is 2.78 bits per heavy atom. The molecule has 1 unspecified atom stereocenters. The van der Waals surface area contributed by atoms with Crippen molar-refractivity contribution < 1.29 is 19.1 Å². The lowest BCUT2D eigenvalue weighted by molar-refractivity contribution is -0.119. The van der Waals surface area contributed by atoms with E-state index in [-0.39, 0.29) is 24.3 Å². The van der Waals surface area contributed by atoms with Crippen LogP contribution in [0.25, 0.3) is 0 Å². The zero-order valence-electron chi connectivity index (χ0n) is 15.2. The first-order chi connectivity index (χ1) is 13.1. The van der Waals surface area contributed by atoms with Gasteiger partial charge >= 0.3 is 0 Å². The molecule has 6 heteroatoms. The number of ether oxygens (including phenoxy) is 2. The monoisotopic (exact) mass is 366 g/mol. The average Bonchev–Trinajstić information content (AvgIpc) is 2.66. The van der Waals surface area contributed by atoms with Crippen LogP contribution >= 0.6 is 0 Å². The topological polar surface area (TPSA) is 76.7 Å². The van der Waals surface area contributed by atoms with Crippen LogP contribution in [0.4, 0.5) is 11.4 Å². The van der Waals surface area contributed by atoms with Gasteiger partial charge in [-0.1, -0.05) is 30.9 Å². The molecule has 1 aliphatic heterocycles. The number of fused-ring (bicyclic) bond motifs is 1. The van der Waals surface area contributed by atoms with Gasteiger partial charge in [0.15, 0.2) is 0 Å². The minimum atomic E-state index is -0.244. The Hall–Kier alpha value is -3.12. The molecule has 0 spiro atoms. The van der Waals surface area contributed by atoms with Gasteiger partial charge in [0, 0.05) is 30.8 Å². The van der Waals surface area contributed by atoms with Gasteiger partial charge in [0.2, 0.25) is 11.8 Å². The largest absolute Gasteiger partial charge is 0.490 e. The molecule has 2 aromatic rings. The third-order valence-corrected chi connectivity index (χ3v) is 4.30. The van der Waals surface area contributed by atoms with Gasteiger partial charge < -0.3 is 20.1 Å². The summed E-state index contributed by atoms with van der Waals surface area (Å²) in [5.74, 6) is 0.410. The number of carbonyl (C=O) groups excluding carboxylic acids is 2. The van der Waals surface area contributed by atoms with Crippen LogP contribution in [0.2, 0.25) is 0 Å². The molecule has 0 saturated heterocycles. The third-order valence-electron chi connectivity index (χ3n) is 4.30. The van der Waals surface area contributed by atoms with E-state index < -0.39 is 0 Å². The molecular weight excluding hydrogens is 344 g/mol. The Bertz CT molecular complexity index is 846. The van der Waals surface area contributed by atoms with Crippen molar-refractivity contribution in [2.75, 3.05) is 31.0 Å². The summed E-state index contributed by atoms with van der Waals surface area (Å²) < 4.78 is 10.3. The Morgan fingerprint density at radius 1 is 1.30 bits per heavy atom. The van der Waals surface area contributed by atoms with Crippen molar-refractivity contribution in [2.45, 2.75) is 12.3 Å². The first-order valence-electron chi connectivity index (χ1n) is 8.67. The number of hydrogen-bond donors (Lipinski definition) is 2. The van der Waals surface area contributed by atoms with Gasteiger partial charge in [-0.25, -0.2) is 0 Å². The number of anilines is 2. The quantitative estimate of drug-likeness (QED) is 0.737. The molecule has 2 N–H and O–H groups in total. The van der Waals surface area contributed by atoms with Crippen molar-refractivity contribution in [3.8, 4) is 5.75 Å². The summed E-state index contributed by atoms with van der Waals surface area (Å²) in [6, 6.07) is 13.3. The minimum Gasteiger partial charge on any atom is -0.490 e. The van der Waals surface area contributed by atoms with E-state index in [1.165, 1.54) is 7.11 Å². The molecule has 2 aromatic carbocycles. The molecule has 0 fully saturated rings. The van der Waals surface area contributed by atoms with Gasteiger partial charge in [0.25, 0.3) is 0 Å². The molecule has 1 heterocycles. The Kier molecular flexibility index (Phi) is 5.88. The van der Waals surface area contributed by atoms with Gasteiger partial charge in [-0.15, -0.1) is 0 Å². The summed E-state index contributed by atoms with van der Waals surface area (Å²) in [6.07, 6.45) is 2.06. The lowest BCUT2D eigenvalue weighted by atomic mass is 9.84. The molecular formula is C21H22N2O4. The summed E-state index contributed by atoms with van der Waals surface area (Å²) in [6.45, 7) is 4.06. The molecule has 0 radical (unpaired) electrons. The van der Waals surface area contributed by atoms with Crippen molar-refractivity contribution in [1.29, 1.82) is 0 Å². The summed E-state index contributed by atoms with van der Waals surface area (Å²) >= 11 is 0. The predicted molar refractivity (Wildman–Crippen MR) is 104 cm³/mol. The maximum Gasteiger partial charge on any atom is 0.250 e. The second kappa shape index (κ2) is 8.51. The fourth-order valence-electron chi connectivity index (χ4n) is 3.12. The smallest absolute Gasteiger partial charge is 0.250 e. The van der Waals surface area contributed by atoms with Gasteiger partial charge in [0.1, 0.15) is 19.0 Å². The molecule has 0 bridgehead atoms. The highest BCUT2D eigenvalue weighted by Gasteiger charge is 2.26. The predicted octanol–water partition coefficient (Wildman–Crippen LogP) is 3.31. The van der Waals surface area contributed by atoms with Crippen LogP contribution in [0.3, 0.4) is 0 Å². The van der Waals surface area contributed by atoms with E-state index in [4.69, 9.17) is 9.47 Å². The van der Waals surface area contributed by atoms with Crippen LogP contribution in [0.5, 0.6) is 5.75 Å². The highest BCUT2D eigenvalue weighted by molar-refractivity contribution is 5.97. The van der Waals surface area contributed by atoms with Crippen molar-refractivity contribution in [2.24, 2.45) is 0 Å². The molecule has 27 heavy (non-hydrogen) atoms. The minimum absolute atomic E-state index is 0.0215. The van der Waals surface area contributed by atoms with Crippen LogP contribution < -0.4 is 15.4 Å². The van der Waals surface area contributed by atoms with E-state index in [0.717, 1.165) is 16.9 Å². The van der Waals surface area contributed by atoms with Gasteiger partial charge in [-0.3, -0.25) is 9.59 Å². The molecule has 1 aliphatic rings. The fraction of sp³-hybridized carbons (Fsp3) is 0.238. The number of hydrogen-bond acceptors (Lipinski definition) is 4. The summed E-state index contributed by atoms with van der Waals surface area (Å²) in [5.41, 5.74) is 3.37. The van der Waals surface area contributed by atoms with Crippen molar-refractivity contribution >= 4 is 23.2 Å². The molecule has 140 valence electrons. The van der Waals surface area contributed by atoms with Crippen LogP contribution in [0.15, 0.2) is 55.1 Å². The van der Waals surface area contributed by atoms with Crippen LogP contribution in [0, 0.1) is 0 Å². The molecule has 3 rings (SSSR count). The zero-order chi connectivity index (χ0) is 19.2. The second-order valence-corrected chi connectivity index (χ2v) is 6.26.